The van der Waals surface area contributed by atoms with Crippen molar-refractivity contribution in [1.82, 2.24) is 9.80 Å². The Bertz CT molecular complexity index is 1710. The van der Waals surface area contributed by atoms with Gasteiger partial charge < -0.3 is 25.5 Å². The number of anilines is 2. The van der Waals surface area contributed by atoms with Gasteiger partial charge in [-0.2, -0.15) is 0 Å². The number of carboxylic acid groups (broad SMARTS) is 1. The molecule has 8 rings (SSSR count). The minimum absolute atomic E-state index is 0.0686. The van der Waals surface area contributed by atoms with Gasteiger partial charge in [0.25, 0.3) is 0 Å². The number of nitrogens with one attached hydrogen (secondary N) is 2. The third-order valence-electron chi connectivity index (χ3n) is 9.15. The maximum atomic E-state index is 13.8. The highest BCUT2D eigenvalue weighted by Gasteiger charge is 2.30. The molecule has 1 saturated heterocycles. The third-order valence-corrected chi connectivity index (χ3v) is 10.8. The number of fused-ring (bicyclic) bond motifs is 3. The summed E-state index contributed by atoms with van der Waals surface area (Å²) in [5, 5.41) is 15.9. The van der Waals surface area contributed by atoms with Crippen LogP contribution in [0.5, 0.6) is 0 Å². The summed E-state index contributed by atoms with van der Waals surface area (Å²) in [5.74, 6) is -4.52. The monoisotopic (exact) mass is 688 g/mol. The van der Waals surface area contributed by atoms with Crippen LogP contribution in [-0.4, -0.2) is 91.9 Å². The van der Waals surface area contributed by atoms with E-state index in [0.717, 1.165) is 26.2 Å². The van der Waals surface area contributed by atoms with E-state index >= 15 is 0 Å². The average molecular weight is 689 g/mol. The molecule has 1 fully saturated rings. The highest BCUT2D eigenvalue weighted by Crippen LogP contribution is 2.23. The van der Waals surface area contributed by atoms with E-state index in [9.17, 15) is 32.7 Å². The number of benzene rings is 3. The van der Waals surface area contributed by atoms with Crippen LogP contribution in [0.3, 0.4) is 0 Å². The van der Waals surface area contributed by atoms with Crippen molar-refractivity contribution < 1.29 is 32.7 Å². The van der Waals surface area contributed by atoms with Crippen LogP contribution in [0.4, 0.5) is 11.4 Å². The largest absolute Gasteiger partial charge is 0.481 e. The number of rotatable bonds is 5. The van der Waals surface area contributed by atoms with E-state index in [-0.39, 0.29) is 36.8 Å². The van der Waals surface area contributed by atoms with Crippen molar-refractivity contribution in [2.75, 3.05) is 55.7 Å². The second-order valence-electron chi connectivity index (χ2n) is 13.0. The van der Waals surface area contributed by atoms with Crippen molar-refractivity contribution in [3.05, 3.63) is 95.6 Å². The van der Waals surface area contributed by atoms with Gasteiger partial charge in [-0.05, 0) is 53.8 Å². The summed E-state index contributed by atoms with van der Waals surface area (Å²) >= 11 is 0. The first-order valence-electron chi connectivity index (χ1n) is 16.7. The number of hydrogen-bond donors (Lipinski definition) is 3. The smallest absolute Gasteiger partial charge is 0.307 e. The van der Waals surface area contributed by atoms with Crippen LogP contribution in [0.25, 0.3) is 0 Å². The molecular formula is C37H44N4O7S. The number of nitrogens with zero attached hydrogens (tertiary/aromatic N) is 2. The molecule has 2 amide bonds. The Hall–Kier alpha value is -4.39. The summed E-state index contributed by atoms with van der Waals surface area (Å²) in [7, 11) is -3.73. The van der Waals surface area contributed by atoms with Crippen molar-refractivity contribution >= 4 is 44.8 Å². The first kappa shape index (κ1) is 35.9. The highest BCUT2D eigenvalue weighted by molar-refractivity contribution is 7.90. The number of carbonyl (C=O) groups excluding carboxylic acids is 3. The minimum Gasteiger partial charge on any atom is -0.481 e. The maximum Gasteiger partial charge on any atom is 0.307 e. The molecule has 3 aromatic rings. The van der Waals surface area contributed by atoms with Crippen molar-refractivity contribution in [3.8, 4) is 0 Å². The number of hydrogen-bond acceptors (Lipinski definition) is 8. The Balaban J connectivity index is 1.36. The van der Waals surface area contributed by atoms with Gasteiger partial charge in [-0.25, -0.2) is 8.42 Å². The molecule has 0 spiro atoms. The molecule has 3 aromatic carbocycles. The van der Waals surface area contributed by atoms with Crippen molar-refractivity contribution in [3.63, 3.8) is 0 Å². The zero-order chi connectivity index (χ0) is 34.8. The molecule has 5 heterocycles. The van der Waals surface area contributed by atoms with Gasteiger partial charge in [0, 0.05) is 75.8 Å². The molecule has 11 nitrogen and oxygen atoms in total. The Labute approximate surface area is 287 Å². The van der Waals surface area contributed by atoms with Crippen LogP contribution >= 0.6 is 0 Å². The number of ketones is 1. The molecular weight excluding hydrogens is 644 g/mol. The Morgan fingerprint density at radius 3 is 1.65 bits per heavy atom. The van der Waals surface area contributed by atoms with E-state index < -0.39 is 39.2 Å². The molecule has 0 aliphatic carbocycles. The summed E-state index contributed by atoms with van der Waals surface area (Å²) in [5.41, 5.74) is 3.18. The Kier molecular flexibility index (Phi) is 12.3. The van der Waals surface area contributed by atoms with Crippen LogP contribution in [-0.2, 0) is 47.6 Å². The van der Waals surface area contributed by atoms with Crippen LogP contribution in [0, 0.1) is 11.8 Å². The first-order chi connectivity index (χ1) is 23.5. The lowest BCUT2D eigenvalue weighted by atomic mass is 9.88. The standard InChI is InChI=1S/C37H44N4O7S/c42-34-24-30(37(45)46)22-27-6-10-32(11-7-27)38-35(43)14-16-40-18-20-41(21-19-40)17-15-36(44)39-33-12-8-28(9-13-33)23-31(34)26-49(47,48)25-29-4-2-1-3-5-29/h1-13,30-31H,14-26H2,(H,38,43)(H,39,44)(H,45,46)/t30-,31+/m1/s1. The zero-order valence-electron chi connectivity index (χ0n) is 27.6. The number of carboxylic acids is 1. The average Bonchev–Trinajstić information content (AvgIpc) is 3.07. The number of sulfone groups is 1. The topological polar surface area (TPSA) is 153 Å². The number of aliphatic carboxylic acids is 1. The van der Waals surface area contributed by atoms with Crippen LogP contribution in [0.1, 0.15) is 36.0 Å². The van der Waals surface area contributed by atoms with Crippen molar-refractivity contribution in [2.45, 2.75) is 37.9 Å². The van der Waals surface area contributed by atoms with Gasteiger partial charge in [0.2, 0.25) is 11.8 Å². The molecule has 6 bridgehead atoms. The molecule has 0 unspecified atom stereocenters. The number of piperazine rings is 1. The molecule has 0 radical (unpaired) electrons. The molecule has 5 aliphatic rings. The summed E-state index contributed by atoms with van der Waals surface area (Å²) in [6, 6.07) is 22.6. The SMILES string of the molecule is O=C1CCN2CCN(CCC(=O)Nc3ccc(cc3)C[C@@H](CS(=O)(=O)Cc3ccccc3)C(=O)C[C@H](C(=O)O)Cc3ccc(cc3)N1)CC2. The predicted molar refractivity (Wildman–Crippen MR) is 188 cm³/mol. The van der Waals surface area contributed by atoms with Gasteiger partial charge in [0.1, 0.15) is 5.78 Å². The van der Waals surface area contributed by atoms with Crippen LogP contribution in [0.15, 0.2) is 78.9 Å². The van der Waals surface area contributed by atoms with Gasteiger partial charge in [0.05, 0.1) is 17.4 Å². The van der Waals surface area contributed by atoms with E-state index in [2.05, 4.69) is 20.4 Å². The van der Waals surface area contributed by atoms with E-state index in [1.807, 2.05) is 0 Å². The van der Waals surface area contributed by atoms with Crippen molar-refractivity contribution in [1.29, 1.82) is 0 Å². The zero-order valence-corrected chi connectivity index (χ0v) is 28.4. The Morgan fingerprint density at radius 2 is 1.16 bits per heavy atom. The quantitative estimate of drug-likeness (QED) is 0.365. The molecule has 12 heteroatoms. The maximum absolute atomic E-state index is 13.8. The summed E-state index contributed by atoms with van der Waals surface area (Å²) in [6.45, 7) is 4.48. The lowest BCUT2D eigenvalue weighted by Crippen LogP contribution is -2.47. The van der Waals surface area contributed by atoms with Gasteiger partial charge in [-0.3, -0.25) is 19.2 Å². The number of amides is 2. The molecule has 0 aromatic heterocycles. The lowest BCUT2D eigenvalue weighted by Gasteiger charge is -2.34. The molecule has 3 N–H and O–H groups in total. The van der Waals surface area contributed by atoms with Gasteiger partial charge in [-0.1, -0.05) is 54.6 Å². The van der Waals surface area contributed by atoms with Crippen LogP contribution < -0.4 is 10.6 Å². The second-order valence-corrected chi connectivity index (χ2v) is 15.1. The van der Waals surface area contributed by atoms with Crippen LogP contribution in [0.2, 0.25) is 0 Å². The Morgan fingerprint density at radius 1 is 0.673 bits per heavy atom. The fraction of sp³-hybridized carbons (Fsp3) is 0.405. The molecule has 260 valence electrons. The summed E-state index contributed by atoms with van der Waals surface area (Å²) in [4.78, 5) is 56.0. The molecule has 2 atom stereocenters. The minimum atomic E-state index is -3.73. The summed E-state index contributed by atoms with van der Waals surface area (Å²) < 4.78 is 26.7. The van der Waals surface area contributed by atoms with Gasteiger partial charge >= 0.3 is 5.97 Å². The molecule has 5 aliphatic heterocycles. The van der Waals surface area contributed by atoms with Crippen molar-refractivity contribution in [2.24, 2.45) is 11.8 Å². The fourth-order valence-corrected chi connectivity index (χ4v) is 8.07. The van der Waals surface area contributed by atoms with E-state index in [1.165, 1.54) is 0 Å². The van der Waals surface area contributed by atoms with Gasteiger partial charge in [-0.15, -0.1) is 0 Å². The van der Waals surface area contributed by atoms with E-state index in [0.29, 0.717) is 54.0 Å². The predicted octanol–water partition coefficient (Wildman–Crippen LogP) is 3.65. The highest BCUT2D eigenvalue weighted by atomic mass is 32.2. The lowest BCUT2D eigenvalue weighted by molar-refractivity contribution is -0.144. The number of carbonyl (C=O) groups is 4. The normalized spacial score (nSPS) is 23.1. The fourth-order valence-electron chi connectivity index (χ4n) is 6.34. The molecule has 49 heavy (non-hydrogen) atoms. The van der Waals surface area contributed by atoms with Gasteiger partial charge in [0.15, 0.2) is 9.84 Å². The van der Waals surface area contributed by atoms with E-state index in [4.69, 9.17) is 0 Å². The summed E-state index contributed by atoms with van der Waals surface area (Å²) in [6.07, 6.45) is 0.492. The van der Waals surface area contributed by atoms with E-state index in [1.54, 1.807) is 78.9 Å². The third kappa shape index (κ3) is 11.3. The first-order valence-corrected chi connectivity index (χ1v) is 18.6. The number of Topliss-reactive ketones (excluding diaryl/α,β-unsaturated/α-hetero) is 1. The second kappa shape index (κ2) is 16.8. The molecule has 0 saturated carbocycles.